The van der Waals surface area contributed by atoms with Gasteiger partial charge in [-0.05, 0) is 24.6 Å². The fourth-order valence-electron chi connectivity index (χ4n) is 2.71. The number of H-pyrrole nitrogens is 1. The van der Waals surface area contributed by atoms with E-state index in [2.05, 4.69) is 15.0 Å². The molecule has 0 radical (unpaired) electrons. The Balaban J connectivity index is 1.86. The van der Waals surface area contributed by atoms with Gasteiger partial charge in [0.1, 0.15) is 16.5 Å². The number of fused-ring (bicyclic) bond motifs is 1. The SMILES string of the molecule is Cc1sc2nc(Cc3cncs3)[nH]c(=O)c2c1-c1ccc(F)cc1. The Morgan fingerprint density at radius 3 is 2.75 bits per heavy atom. The minimum atomic E-state index is -0.296. The number of aromatic nitrogens is 3. The average Bonchev–Trinajstić information content (AvgIpc) is 3.16. The molecule has 24 heavy (non-hydrogen) atoms. The summed E-state index contributed by atoms with van der Waals surface area (Å²) in [6.45, 7) is 1.95. The van der Waals surface area contributed by atoms with Gasteiger partial charge in [-0.15, -0.1) is 22.7 Å². The van der Waals surface area contributed by atoms with E-state index in [1.165, 1.54) is 34.8 Å². The summed E-state index contributed by atoms with van der Waals surface area (Å²) in [6, 6.07) is 6.18. The Kier molecular flexibility index (Phi) is 3.74. The summed E-state index contributed by atoms with van der Waals surface area (Å²) < 4.78 is 13.2. The molecule has 1 aromatic carbocycles. The molecule has 0 saturated heterocycles. The van der Waals surface area contributed by atoms with Crippen molar-refractivity contribution in [3.05, 3.63) is 67.7 Å². The summed E-state index contributed by atoms with van der Waals surface area (Å²) in [6.07, 6.45) is 2.33. The van der Waals surface area contributed by atoms with E-state index in [4.69, 9.17) is 0 Å². The Morgan fingerprint density at radius 1 is 1.25 bits per heavy atom. The topological polar surface area (TPSA) is 58.6 Å². The molecular weight excluding hydrogens is 345 g/mol. The zero-order valence-corrected chi connectivity index (χ0v) is 14.3. The van der Waals surface area contributed by atoms with E-state index >= 15 is 0 Å². The molecule has 120 valence electrons. The summed E-state index contributed by atoms with van der Waals surface area (Å²) >= 11 is 3.01. The van der Waals surface area contributed by atoms with E-state index in [0.717, 1.165) is 20.9 Å². The van der Waals surface area contributed by atoms with Gasteiger partial charge in [-0.3, -0.25) is 9.78 Å². The van der Waals surface area contributed by atoms with Gasteiger partial charge in [0.2, 0.25) is 0 Å². The fourth-order valence-corrected chi connectivity index (χ4v) is 4.37. The molecule has 4 nitrogen and oxygen atoms in total. The Labute approximate surface area is 144 Å². The van der Waals surface area contributed by atoms with Crippen LogP contribution in [0, 0.1) is 12.7 Å². The van der Waals surface area contributed by atoms with Crippen LogP contribution in [0.4, 0.5) is 4.39 Å². The van der Waals surface area contributed by atoms with Gasteiger partial charge in [0.05, 0.1) is 10.9 Å². The van der Waals surface area contributed by atoms with Crippen LogP contribution in [0.1, 0.15) is 15.6 Å². The number of thiazole rings is 1. The minimum absolute atomic E-state index is 0.164. The van der Waals surface area contributed by atoms with Gasteiger partial charge in [-0.25, -0.2) is 9.37 Å². The predicted octanol–water partition coefficient (Wildman–Crippen LogP) is 4.15. The van der Waals surface area contributed by atoms with Gasteiger partial charge < -0.3 is 4.98 Å². The third kappa shape index (κ3) is 2.65. The number of aryl methyl sites for hydroxylation is 1. The van der Waals surface area contributed by atoms with Gasteiger partial charge in [0.25, 0.3) is 5.56 Å². The molecule has 0 atom stereocenters. The van der Waals surface area contributed by atoms with Crippen LogP contribution >= 0.6 is 22.7 Å². The largest absolute Gasteiger partial charge is 0.310 e. The summed E-state index contributed by atoms with van der Waals surface area (Å²) in [5, 5.41) is 0.567. The van der Waals surface area contributed by atoms with Crippen molar-refractivity contribution < 1.29 is 4.39 Å². The maximum Gasteiger partial charge on any atom is 0.260 e. The van der Waals surface area contributed by atoms with Crippen molar-refractivity contribution in [1.29, 1.82) is 0 Å². The van der Waals surface area contributed by atoms with Gasteiger partial charge in [-0.1, -0.05) is 12.1 Å². The lowest BCUT2D eigenvalue weighted by Gasteiger charge is -2.02. The van der Waals surface area contributed by atoms with Crippen LogP contribution < -0.4 is 5.56 Å². The quantitative estimate of drug-likeness (QED) is 0.599. The smallest absolute Gasteiger partial charge is 0.260 e. The zero-order valence-electron chi connectivity index (χ0n) is 12.7. The van der Waals surface area contributed by atoms with Crippen LogP contribution in [0.3, 0.4) is 0 Å². The van der Waals surface area contributed by atoms with Gasteiger partial charge in [-0.2, -0.15) is 0 Å². The first-order valence-corrected chi connectivity index (χ1v) is 8.97. The number of aromatic amines is 1. The Bertz CT molecular complexity index is 1070. The monoisotopic (exact) mass is 357 g/mol. The highest BCUT2D eigenvalue weighted by Gasteiger charge is 2.17. The molecule has 0 unspecified atom stereocenters. The van der Waals surface area contributed by atoms with Crippen molar-refractivity contribution in [1.82, 2.24) is 15.0 Å². The van der Waals surface area contributed by atoms with E-state index in [9.17, 15) is 9.18 Å². The first kappa shape index (κ1) is 15.2. The second-order valence-corrected chi connectivity index (χ2v) is 7.55. The lowest BCUT2D eigenvalue weighted by Crippen LogP contribution is -2.11. The van der Waals surface area contributed by atoms with E-state index in [0.29, 0.717) is 22.5 Å². The second-order valence-electron chi connectivity index (χ2n) is 5.38. The molecule has 0 aliphatic heterocycles. The van der Waals surface area contributed by atoms with Crippen molar-refractivity contribution in [2.24, 2.45) is 0 Å². The molecule has 0 amide bonds. The maximum absolute atomic E-state index is 13.2. The molecule has 0 fully saturated rings. The molecular formula is C17H12FN3OS2. The van der Waals surface area contributed by atoms with E-state index < -0.39 is 0 Å². The number of nitrogens with zero attached hydrogens (tertiary/aromatic N) is 2. The predicted molar refractivity (Wildman–Crippen MR) is 95.3 cm³/mol. The molecule has 0 saturated carbocycles. The minimum Gasteiger partial charge on any atom is -0.310 e. The van der Waals surface area contributed by atoms with Gasteiger partial charge in [0.15, 0.2) is 0 Å². The summed E-state index contributed by atoms with van der Waals surface area (Å²) in [4.78, 5) is 26.9. The number of thiophene rings is 1. The van der Waals surface area contributed by atoms with E-state index in [1.807, 2.05) is 6.92 Å². The molecule has 1 N–H and O–H groups in total. The first-order valence-electron chi connectivity index (χ1n) is 7.27. The van der Waals surface area contributed by atoms with Crippen LogP contribution in [-0.2, 0) is 6.42 Å². The van der Waals surface area contributed by atoms with Crippen molar-refractivity contribution in [2.45, 2.75) is 13.3 Å². The van der Waals surface area contributed by atoms with Gasteiger partial charge >= 0.3 is 0 Å². The summed E-state index contributed by atoms with van der Waals surface area (Å²) in [5.74, 6) is 0.332. The van der Waals surface area contributed by atoms with Gasteiger partial charge in [0, 0.05) is 27.9 Å². The maximum atomic E-state index is 13.2. The highest BCUT2D eigenvalue weighted by Crippen LogP contribution is 2.35. The Morgan fingerprint density at radius 2 is 2.04 bits per heavy atom. The van der Waals surface area contributed by atoms with E-state index in [1.54, 1.807) is 23.8 Å². The molecule has 3 aromatic heterocycles. The van der Waals surface area contributed by atoms with Crippen LogP contribution in [0.15, 0.2) is 40.8 Å². The molecule has 4 aromatic rings. The van der Waals surface area contributed by atoms with Crippen molar-refractivity contribution >= 4 is 32.9 Å². The average molecular weight is 357 g/mol. The molecule has 0 bridgehead atoms. The van der Waals surface area contributed by atoms with Crippen LogP contribution in [0.25, 0.3) is 21.3 Å². The zero-order chi connectivity index (χ0) is 16.7. The van der Waals surface area contributed by atoms with Crippen molar-refractivity contribution in [3.8, 4) is 11.1 Å². The summed E-state index contributed by atoms with van der Waals surface area (Å²) in [7, 11) is 0. The first-order chi connectivity index (χ1) is 11.6. The van der Waals surface area contributed by atoms with E-state index in [-0.39, 0.29) is 11.4 Å². The lowest BCUT2D eigenvalue weighted by molar-refractivity contribution is 0.628. The van der Waals surface area contributed by atoms with Crippen molar-refractivity contribution in [3.63, 3.8) is 0 Å². The number of benzene rings is 1. The summed E-state index contributed by atoms with van der Waals surface area (Å²) in [5.41, 5.74) is 3.24. The lowest BCUT2D eigenvalue weighted by atomic mass is 10.0. The number of rotatable bonds is 3. The number of nitrogens with one attached hydrogen (secondary N) is 1. The number of hydrogen-bond acceptors (Lipinski definition) is 5. The highest BCUT2D eigenvalue weighted by atomic mass is 32.1. The number of hydrogen-bond donors (Lipinski definition) is 1. The molecule has 0 spiro atoms. The van der Waals surface area contributed by atoms with Crippen LogP contribution in [0.5, 0.6) is 0 Å². The fraction of sp³-hybridized carbons (Fsp3) is 0.118. The normalized spacial score (nSPS) is 11.2. The Hall–Kier alpha value is -2.38. The molecule has 4 rings (SSSR count). The number of halogens is 1. The molecule has 0 aliphatic rings. The standard InChI is InChI=1S/C17H12FN3OS2/c1-9-14(10-2-4-11(18)5-3-10)15-16(22)20-13(21-17(15)24-9)6-12-7-19-8-23-12/h2-5,7-8H,6H2,1H3,(H,20,21,22). The molecule has 7 heteroatoms. The highest BCUT2D eigenvalue weighted by molar-refractivity contribution is 7.19. The molecule has 0 aliphatic carbocycles. The van der Waals surface area contributed by atoms with Crippen molar-refractivity contribution in [2.75, 3.05) is 0 Å². The third-order valence-corrected chi connectivity index (χ3v) is 5.52. The van der Waals surface area contributed by atoms with Crippen LogP contribution in [-0.4, -0.2) is 15.0 Å². The third-order valence-electron chi connectivity index (χ3n) is 3.75. The molecule has 3 heterocycles. The second kappa shape index (κ2) is 5.92. The van der Waals surface area contributed by atoms with Crippen LogP contribution in [0.2, 0.25) is 0 Å².